The molecule has 1 aromatic carbocycles. The van der Waals surface area contributed by atoms with Crippen molar-refractivity contribution in [1.29, 1.82) is 0 Å². The zero-order valence-electron chi connectivity index (χ0n) is 14.0. The van der Waals surface area contributed by atoms with Gasteiger partial charge >= 0.3 is 6.18 Å². The Bertz CT molecular complexity index is 1120. The number of fused-ring (bicyclic) bond motifs is 1. The van der Waals surface area contributed by atoms with Gasteiger partial charge < -0.3 is 0 Å². The van der Waals surface area contributed by atoms with Crippen LogP contribution in [0.15, 0.2) is 54.9 Å². The highest BCUT2D eigenvalue weighted by molar-refractivity contribution is 6.30. The van der Waals surface area contributed by atoms with Gasteiger partial charge in [0.1, 0.15) is 0 Å². The molecule has 0 aliphatic rings. The van der Waals surface area contributed by atoms with Gasteiger partial charge in [-0.2, -0.15) is 18.3 Å². The first kappa shape index (κ1) is 17.5. The summed E-state index contributed by atoms with van der Waals surface area (Å²) in [6, 6.07) is 11.1. The molecule has 136 valence electrons. The van der Waals surface area contributed by atoms with Crippen LogP contribution in [0.4, 0.5) is 13.2 Å². The molecule has 0 unspecified atom stereocenters. The second-order valence-corrected chi connectivity index (χ2v) is 6.41. The fraction of sp³-hybridized carbons (Fsp3) is 0.105. The summed E-state index contributed by atoms with van der Waals surface area (Å²) < 4.78 is 41.9. The van der Waals surface area contributed by atoms with Gasteiger partial charge in [0.15, 0.2) is 11.3 Å². The van der Waals surface area contributed by atoms with E-state index >= 15 is 0 Å². The lowest BCUT2D eigenvalue weighted by molar-refractivity contribution is -0.142. The van der Waals surface area contributed by atoms with Crippen molar-refractivity contribution in [2.45, 2.75) is 13.1 Å². The number of hydrogen-bond acceptors (Lipinski definition) is 3. The minimum atomic E-state index is -4.59. The van der Waals surface area contributed by atoms with Gasteiger partial charge in [-0.1, -0.05) is 23.7 Å². The summed E-state index contributed by atoms with van der Waals surface area (Å²) in [4.78, 5) is 8.44. The van der Waals surface area contributed by atoms with Gasteiger partial charge in [0.05, 0.1) is 11.4 Å². The molecule has 4 aromatic rings. The number of aryl methyl sites for hydroxylation is 1. The van der Waals surface area contributed by atoms with E-state index in [9.17, 15) is 13.2 Å². The molecule has 4 rings (SSSR count). The zero-order chi connectivity index (χ0) is 19.2. The van der Waals surface area contributed by atoms with E-state index in [2.05, 4.69) is 15.1 Å². The lowest BCUT2D eigenvalue weighted by Gasteiger charge is -2.11. The molecular formula is C19H12ClF3N4. The van der Waals surface area contributed by atoms with E-state index < -0.39 is 11.9 Å². The monoisotopic (exact) mass is 388 g/mol. The third-order valence-electron chi connectivity index (χ3n) is 4.14. The van der Waals surface area contributed by atoms with Gasteiger partial charge in [0.25, 0.3) is 0 Å². The summed E-state index contributed by atoms with van der Waals surface area (Å²) in [5.74, 6) is 0. The Balaban J connectivity index is 2.06. The number of aromatic nitrogens is 4. The Morgan fingerprint density at radius 3 is 2.41 bits per heavy atom. The predicted molar refractivity (Wildman–Crippen MR) is 96.4 cm³/mol. The van der Waals surface area contributed by atoms with Crippen LogP contribution >= 0.6 is 11.6 Å². The molecule has 0 spiro atoms. The molecule has 3 aromatic heterocycles. The molecule has 0 atom stereocenters. The van der Waals surface area contributed by atoms with Gasteiger partial charge in [0, 0.05) is 28.5 Å². The van der Waals surface area contributed by atoms with Crippen molar-refractivity contribution in [2.24, 2.45) is 0 Å². The molecule has 4 nitrogen and oxygen atoms in total. The SMILES string of the molecule is Cc1nn2c(C(F)(F)F)cc(-c3cccnc3)nc2c1-c1ccc(Cl)cc1. The molecule has 8 heteroatoms. The second-order valence-electron chi connectivity index (χ2n) is 5.97. The number of halogens is 4. The van der Waals surface area contributed by atoms with E-state index in [4.69, 9.17) is 11.6 Å². The Kier molecular flexibility index (Phi) is 4.11. The molecule has 0 saturated carbocycles. The van der Waals surface area contributed by atoms with E-state index in [1.165, 1.54) is 6.20 Å². The van der Waals surface area contributed by atoms with Crippen LogP contribution in [0.1, 0.15) is 11.4 Å². The maximum Gasteiger partial charge on any atom is 0.433 e. The number of rotatable bonds is 2. The van der Waals surface area contributed by atoms with Gasteiger partial charge in [-0.15, -0.1) is 0 Å². The first-order valence-corrected chi connectivity index (χ1v) is 8.36. The first-order chi connectivity index (χ1) is 12.8. The van der Waals surface area contributed by atoms with Crippen molar-refractivity contribution in [3.05, 3.63) is 71.3 Å². The minimum Gasteiger partial charge on any atom is -0.264 e. The van der Waals surface area contributed by atoms with Crippen molar-refractivity contribution in [3.8, 4) is 22.4 Å². The summed E-state index contributed by atoms with van der Waals surface area (Å²) >= 11 is 5.93. The van der Waals surface area contributed by atoms with E-state index in [-0.39, 0.29) is 11.3 Å². The van der Waals surface area contributed by atoms with Crippen LogP contribution < -0.4 is 0 Å². The van der Waals surface area contributed by atoms with Crippen LogP contribution in [0, 0.1) is 6.92 Å². The third-order valence-corrected chi connectivity index (χ3v) is 4.40. The van der Waals surface area contributed by atoms with Crippen molar-refractivity contribution < 1.29 is 13.2 Å². The van der Waals surface area contributed by atoms with E-state index in [1.54, 1.807) is 49.5 Å². The molecule has 0 aliphatic heterocycles. The largest absolute Gasteiger partial charge is 0.433 e. The number of pyridine rings is 1. The first-order valence-electron chi connectivity index (χ1n) is 7.98. The smallest absolute Gasteiger partial charge is 0.264 e. The number of benzene rings is 1. The minimum absolute atomic E-state index is 0.128. The summed E-state index contributed by atoms with van der Waals surface area (Å²) in [5.41, 5.74) is 1.57. The second kappa shape index (κ2) is 6.35. The molecule has 27 heavy (non-hydrogen) atoms. The molecule has 0 bridgehead atoms. The number of alkyl halides is 3. The van der Waals surface area contributed by atoms with Gasteiger partial charge in [-0.3, -0.25) is 4.98 Å². The van der Waals surface area contributed by atoms with Crippen molar-refractivity contribution in [3.63, 3.8) is 0 Å². The highest BCUT2D eigenvalue weighted by Crippen LogP contribution is 2.36. The Hall–Kier alpha value is -2.93. The summed E-state index contributed by atoms with van der Waals surface area (Å²) in [5, 5.41) is 4.63. The maximum atomic E-state index is 13.7. The lowest BCUT2D eigenvalue weighted by atomic mass is 10.1. The topological polar surface area (TPSA) is 43.1 Å². The third kappa shape index (κ3) is 3.14. The highest BCUT2D eigenvalue weighted by Gasteiger charge is 2.36. The van der Waals surface area contributed by atoms with Crippen LogP contribution in [0.2, 0.25) is 5.02 Å². The van der Waals surface area contributed by atoms with Crippen LogP contribution in [0.5, 0.6) is 0 Å². The quantitative estimate of drug-likeness (QED) is 0.459. The normalized spacial score (nSPS) is 11.9. The molecule has 0 aliphatic carbocycles. The van der Waals surface area contributed by atoms with Crippen molar-refractivity contribution in [1.82, 2.24) is 19.6 Å². The molecule has 3 heterocycles. The summed E-state index contributed by atoms with van der Waals surface area (Å²) in [7, 11) is 0. The van der Waals surface area contributed by atoms with Gasteiger partial charge in [-0.25, -0.2) is 9.50 Å². The lowest BCUT2D eigenvalue weighted by Crippen LogP contribution is -2.13. The predicted octanol–water partition coefficient (Wildman–Crippen LogP) is 5.44. The van der Waals surface area contributed by atoms with Gasteiger partial charge in [0.2, 0.25) is 0 Å². The van der Waals surface area contributed by atoms with E-state index in [0.717, 1.165) is 10.6 Å². The van der Waals surface area contributed by atoms with Crippen LogP contribution in [-0.2, 0) is 6.18 Å². The van der Waals surface area contributed by atoms with Crippen molar-refractivity contribution >= 4 is 17.2 Å². The Morgan fingerprint density at radius 1 is 1.04 bits per heavy atom. The highest BCUT2D eigenvalue weighted by atomic mass is 35.5. The standard InChI is InChI=1S/C19H12ClF3N4/c1-11-17(12-4-6-14(20)7-5-12)18-25-15(13-3-2-8-24-10-13)9-16(19(21,22)23)27(18)26-11/h2-10H,1H3. The average Bonchev–Trinajstić information content (AvgIpc) is 2.97. The molecule has 0 radical (unpaired) electrons. The fourth-order valence-electron chi connectivity index (χ4n) is 2.94. The summed E-state index contributed by atoms with van der Waals surface area (Å²) in [6.07, 6.45) is -1.56. The molecule has 0 fully saturated rings. The van der Waals surface area contributed by atoms with Gasteiger partial charge in [-0.05, 0) is 42.8 Å². The maximum absolute atomic E-state index is 13.7. The molecule has 0 amide bonds. The average molecular weight is 389 g/mol. The Morgan fingerprint density at radius 2 is 1.78 bits per heavy atom. The van der Waals surface area contributed by atoms with E-state index in [1.807, 2.05) is 0 Å². The van der Waals surface area contributed by atoms with Crippen LogP contribution in [-0.4, -0.2) is 19.6 Å². The molecular weight excluding hydrogens is 377 g/mol. The van der Waals surface area contributed by atoms with E-state index in [0.29, 0.717) is 27.4 Å². The van der Waals surface area contributed by atoms with Crippen LogP contribution in [0.25, 0.3) is 28.0 Å². The zero-order valence-corrected chi connectivity index (χ0v) is 14.8. The molecule has 0 saturated heterocycles. The number of hydrogen-bond donors (Lipinski definition) is 0. The van der Waals surface area contributed by atoms with Crippen molar-refractivity contribution in [2.75, 3.05) is 0 Å². The van der Waals surface area contributed by atoms with Crippen LogP contribution in [0.3, 0.4) is 0 Å². The Labute approximate surface area is 157 Å². The fourth-order valence-corrected chi connectivity index (χ4v) is 3.07. The number of nitrogens with zero attached hydrogens (tertiary/aromatic N) is 4. The summed E-state index contributed by atoms with van der Waals surface area (Å²) in [6.45, 7) is 1.66. The molecule has 0 N–H and O–H groups in total.